The van der Waals surface area contributed by atoms with Crippen LogP contribution < -0.4 is 5.32 Å². The van der Waals surface area contributed by atoms with Gasteiger partial charge in [-0.1, -0.05) is 36.4 Å². The van der Waals surface area contributed by atoms with Crippen molar-refractivity contribution in [2.75, 3.05) is 11.9 Å². The Morgan fingerprint density at radius 3 is 2.46 bits per heavy atom. The van der Waals surface area contributed by atoms with Gasteiger partial charge in [-0.25, -0.2) is 0 Å². The summed E-state index contributed by atoms with van der Waals surface area (Å²) < 4.78 is 0. The van der Waals surface area contributed by atoms with Gasteiger partial charge >= 0.3 is 0 Å². The molecule has 1 aromatic heterocycles. The van der Waals surface area contributed by atoms with E-state index in [1.165, 1.54) is 6.07 Å². The molecule has 130 valence electrons. The Morgan fingerprint density at radius 1 is 1.00 bits per heavy atom. The summed E-state index contributed by atoms with van der Waals surface area (Å²) in [5, 5.41) is 14.5. The minimum absolute atomic E-state index is 0.118. The quantitative estimate of drug-likeness (QED) is 0.398. The zero-order valence-electron chi connectivity index (χ0n) is 14.0. The monoisotopic (exact) mass is 347 g/mol. The molecule has 0 fully saturated rings. The van der Waals surface area contributed by atoms with Gasteiger partial charge in [0, 0.05) is 42.0 Å². The number of carbonyl (C=O) groups is 1. The molecule has 0 radical (unpaired) electrons. The lowest BCUT2D eigenvalue weighted by atomic mass is 10.0. The van der Waals surface area contributed by atoms with Gasteiger partial charge in [-0.2, -0.15) is 0 Å². The van der Waals surface area contributed by atoms with E-state index in [1.807, 2.05) is 24.3 Å². The second kappa shape index (κ2) is 8.02. The van der Waals surface area contributed by atoms with Gasteiger partial charge in [0.15, 0.2) is 5.78 Å². The van der Waals surface area contributed by atoms with E-state index in [4.69, 9.17) is 0 Å². The van der Waals surface area contributed by atoms with Gasteiger partial charge in [0.05, 0.1) is 4.92 Å². The minimum Gasteiger partial charge on any atom is -0.379 e. The fraction of sp³-hybridized carbons (Fsp3) is 0.100. The molecular formula is C20H17N3O3. The molecule has 0 amide bonds. The first-order valence-electron chi connectivity index (χ1n) is 8.17. The number of hydrogen-bond donors (Lipinski definition) is 1. The highest BCUT2D eigenvalue weighted by atomic mass is 16.6. The average molecular weight is 347 g/mol. The van der Waals surface area contributed by atoms with Crippen LogP contribution in [0, 0.1) is 10.1 Å². The van der Waals surface area contributed by atoms with Gasteiger partial charge in [0.1, 0.15) is 5.69 Å². The van der Waals surface area contributed by atoms with Crippen molar-refractivity contribution >= 4 is 17.2 Å². The molecule has 6 nitrogen and oxygen atoms in total. The molecule has 0 aliphatic heterocycles. The van der Waals surface area contributed by atoms with Crippen LogP contribution in [-0.4, -0.2) is 22.2 Å². The molecule has 0 saturated heterocycles. The molecule has 0 saturated carbocycles. The van der Waals surface area contributed by atoms with Crippen LogP contribution in [0.2, 0.25) is 0 Å². The molecular weight excluding hydrogens is 330 g/mol. The first kappa shape index (κ1) is 17.3. The van der Waals surface area contributed by atoms with Crippen molar-refractivity contribution in [3.8, 4) is 0 Å². The number of nitro benzene ring substituents is 1. The largest absolute Gasteiger partial charge is 0.379 e. The Balaban J connectivity index is 1.76. The van der Waals surface area contributed by atoms with Gasteiger partial charge < -0.3 is 5.32 Å². The van der Waals surface area contributed by atoms with E-state index in [9.17, 15) is 14.9 Å². The first-order valence-corrected chi connectivity index (χ1v) is 8.17. The zero-order chi connectivity index (χ0) is 18.4. The summed E-state index contributed by atoms with van der Waals surface area (Å²) in [5.41, 5.74) is 1.96. The zero-order valence-corrected chi connectivity index (χ0v) is 14.0. The molecule has 1 heterocycles. The Morgan fingerprint density at radius 2 is 1.77 bits per heavy atom. The molecule has 6 heteroatoms. The summed E-state index contributed by atoms with van der Waals surface area (Å²) in [7, 11) is 0. The summed E-state index contributed by atoms with van der Waals surface area (Å²) in [5.74, 6) is -0.242. The summed E-state index contributed by atoms with van der Waals surface area (Å²) in [6, 6.07) is 18.8. The topological polar surface area (TPSA) is 85.1 Å². The third-order valence-electron chi connectivity index (χ3n) is 3.92. The van der Waals surface area contributed by atoms with Gasteiger partial charge in [-0.3, -0.25) is 19.9 Å². The van der Waals surface area contributed by atoms with Crippen molar-refractivity contribution in [3.63, 3.8) is 0 Å². The van der Waals surface area contributed by atoms with Crippen LogP contribution in [0.3, 0.4) is 0 Å². The second-order valence-corrected chi connectivity index (χ2v) is 5.68. The van der Waals surface area contributed by atoms with Crippen LogP contribution in [0.1, 0.15) is 21.6 Å². The van der Waals surface area contributed by atoms with Gasteiger partial charge in [-0.15, -0.1) is 0 Å². The molecule has 3 aromatic rings. The number of nitrogens with zero attached hydrogens (tertiary/aromatic N) is 2. The Labute approximate surface area is 150 Å². The Kier molecular flexibility index (Phi) is 5.34. The van der Waals surface area contributed by atoms with E-state index in [1.54, 1.807) is 42.6 Å². The maximum absolute atomic E-state index is 12.5. The smallest absolute Gasteiger partial charge is 0.293 e. The number of nitro groups is 1. The number of ketones is 1. The predicted molar refractivity (Wildman–Crippen MR) is 99.4 cm³/mol. The fourth-order valence-corrected chi connectivity index (χ4v) is 2.60. The molecule has 3 rings (SSSR count). The summed E-state index contributed by atoms with van der Waals surface area (Å²) >= 11 is 0. The molecule has 2 aromatic carbocycles. The minimum atomic E-state index is -0.481. The van der Waals surface area contributed by atoms with E-state index in [-0.39, 0.29) is 17.0 Å². The lowest BCUT2D eigenvalue weighted by Gasteiger charge is -2.08. The lowest BCUT2D eigenvalue weighted by Crippen LogP contribution is -2.09. The van der Waals surface area contributed by atoms with E-state index in [0.717, 1.165) is 5.69 Å². The van der Waals surface area contributed by atoms with E-state index < -0.39 is 4.92 Å². The molecule has 0 aliphatic rings. The molecule has 26 heavy (non-hydrogen) atoms. The maximum atomic E-state index is 12.5. The maximum Gasteiger partial charge on any atom is 0.293 e. The van der Waals surface area contributed by atoms with Crippen LogP contribution in [0.5, 0.6) is 0 Å². The number of aromatic nitrogens is 1. The molecule has 0 spiro atoms. The summed E-state index contributed by atoms with van der Waals surface area (Å²) in [6.45, 7) is 0.504. The van der Waals surface area contributed by atoms with E-state index in [2.05, 4.69) is 10.3 Å². The Bertz CT molecular complexity index is 912. The third kappa shape index (κ3) is 4.10. The molecule has 1 N–H and O–H groups in total. The predicted octanol–water partition coefficient (Wildman–Crippen LogP) is 3.88. The highest BCUT2D eigenvalue weighted by Gasteiger charge is 2.18. The van der Waals surface area contributed by atoms with Crippen molar-refractivity contribution in [1.29, 1.82) is 0 Å². The Hall–Kier alpha value is -3.54. The SMILES string of the molecule is O=C(c1ccccc1)c1ccc(NCCc2ccccn2)c([N+](=O)[O-])c1. The first-order chi connectivity index (χ1) is 12.6. The normalized spacial score (nSPS) is 10.3. The van der Waals surface area contributed by atoms with Gasteiger partial charge in [0.25, 0.3) is 5.69 Å². The molecule has 0 aliphatic carbocycles. The summed E-state index contributed by atoms with van der Waals surface area (Å²) in [4.78, 5) is 27.6. The second-order valence-electron chi connectivity index (χ2n) is 5.68. The van der Waals surface area contributed by atoms with Crippen molar-refractivity contribution in [1.82, 2.24) is 4.98 Å². The number of hydrogen-bond acceptors (Lipinski definition) is 5. The number of carbonyl (C=O) groups excluding carboxylic acids is 1. The number of nitrogens with one attached hydrogen (secondary N) is 1. The number of anilines is 1. The van der Waals surface area contributed by atoms with Crippen LogP contribution in [0.25, 0.3) is 0 Å². The van der Waals surface area contributed by atoms with Gasteiger partial charge in [0.2, 0.25) is 0 Å². The van der Waals surface area contributed by atoms with Crippen molar-refractivity contribution in [2.45, 2.75) is 6.42 Å². The average Bonchev–Trinajstić information content (AvgIpc) is 2.69. The fourth-order valence-electron chi connectivity index (χ4n) is 2.60. The van der Waals surface area contributed by atoms with Crippen LogP contribution in [0.15, 0.2) is 72.9 Å². The van der Waals surface area contributed by atoms with E-state index >= 15 is 0 Å². The number of rotatable bonds is 7. The van der Waals surface area contributed by atoms with Crippen molar-refractivity contribution in [2.24, 2.45) is 0 Å². The van der Waals surface area contributed by atoms with E-state index in [0.29, 0.717) is 24.2 Å². The number of benzene rings is 2. The third-order valence-corrected chi connectivity index (χ3v) is 3.92. The molecule has 0 unspecified atom stereocenters. The van der Waals surface area contributed by atoms with Gasteiger partial charge in [-0.05, 0) is 24.3 Å². The van der Waals surface area contributed by atoms with Crippen LogP contribution in [-0.2, 0) is 6.42 Å². The lowest BCUT2D eigenvalue weighted by molar-refractivity contribution is -0.384. The highest BCUT2D eigenvalue weighted by molar-refractivity contribution is 6.09. The molecule has 0 bridgehead atoms. The standard InChI is InChI=1S/C20H17N3O3/c24-20(15-6-2-1-3-7-15)16-9-10-18(19(14-16)23(25)26)22-13-11-17-8-4-5-12-21-17/h1-10,12,14,22H,11,13H2. The summed E-state index contributed by atoms with van der Waals surface area (Å²) in [6.07, 6.45) is 2.35. The molecule has 0 atom stereocenters. The van der Waals surface area contributed by atoms with Crippen LogP contribution >= 0.6 is 0 Å². The number of pyridine rings is 1. The van der Waals surface area contributed by atoms with Crippen LogP contribution in [0.4, 0.5) is 11.4 Å². The van der Waals surface area contributed by atoms with Crippen molar-refractivity contribution in [3.05, 3.63) is 99.9 Å². The van der Waals surface area contributed by atoms with Crippen molar-refractivity contribution < 1.29 is 9.72 Å². The highest BCUT2D eigenvalue weighted by Crippen LogP contribution is 2.26.